The number of fused-ring (bicyclic) bond motifs is 1. The predicted molar refractivity (Wildman–Crippen MR) is 83.5 cm³/mol. The van der Waals surface area contributed by atoms with E-state index in [2.05, 4.69) is 10.5 Å². The Labute approximate surface area is 132 Å². The van der Waals surface area contributed by atoms with Crippen LogP contribution in [0.3, 0.4) is 0 Å². The van der Waals surface area contributed by atoms with E-state index in [-0.39, 0.29) is 6.79 Å². The molecule has 0 radical (unpaired) electrons. The monoisotopic (exact) mass is 322 g/mol. The first kappa shape index (κ1) is 14.0. The van der Waals surface area contributed by atoms with Crippen molar-refractivity contribution in [2.45, 2.75) is 6.54 Å². The molecule has 3 rings (SSSR count). The number of hydrogen-bond acceptors (Lipinski definition) is 4. The van der Waals surface area contributed by atoms with Crippen molar-refractivity contribution in [1.29, 1.82) is 0 Å². The number of nitrogens with zero attached hydrogens (tertiary/aromatic N) is 1. The molecule has 0 bridgehead atoms. The van der Waals surface area contributed by atoms with Gasteiger partial charge in [0.25, 0.3) is 0 Å². The van der Waals surface area contributed by atoms with E-state index in [4.69, 9.17) is 32.7 Å². The van der Waals surface area contributed by atoms with E-state index in [1.54, 1.807) is 18.3 Å². The molecule has 0 saturated carbocycles. The molecule has 0 aromatic heterocycles. The van der Waals surface area contributed by atoms with Crippen molar-refractivity contribution in [2.75, 3.05) is 6.79 Å². The largest absolute Gasteiger partial charge is 0.454 e. The van der Waals surface area contributed by atoms with Crippen LogP contribution in [0.4, 0.5) is 0 Å². The van der Waals surface area contributed by atoms with Crippen molar-refractivity contribution in [3.63, 3.8) is 0 Å². The number of halogens is 2. The fraction of sp³-hybridized carbons (Fsp3) is 0.133. The summed E-state index contributed by atoms with van der Waals surface area (Å²) in [7, 11) is 0. The zero-order valence-electron chi connectivity index (χ0n) is 11.0. The van der Waals surface area contributed by atoms with Crippen LogP contribution in [-0.2, 0) is 6.54 Å². The Hall–Kier alpha value is -1.91. The summed E-state index contributed by atoms with van der Waals surface area (Å²) in [5.74, 6) is 1.33. The van der Waals surface area contributed by atoms with Crippen LogP contribution >= 0.6 is 23.2 Å². The SMILES string of the molecule is Clc1cc2c(cc1/C=N\NCc1ccccc1Cl)OCO2. The molecule has 1 N–H and O–H groups in total. The van der Waals surface area contributed by atoms with E-state index in [0.29, 0.717) is 28.1 Å². The van der Waals surface area contributed by atoms with Crippen molar-refractivity contribution in [3.05, 3.63) is 57.6 Å². The second-order valence-corrected chi connectivity index (χ2v) is 5.23. The molecular weight excluding hydrogens is 311 g/mol. The third-order valence-electron chi connectivity index (χ3n) is 3.01. The summed E-state index contributed by atoms with van der Waals surface area (Å²) >= 11 is 12.2. The number of rotatable bonds is 4. The Bertz CT molecular complexity index is 689. The van der Waals surface area contributed by atoms with E-state index in [9.17, 15) is 0 Å². The fourth-order valence-electron chi connectivity index (χ4n) is 1.92. The molecule has 1 aliphatic heterocycles. The molecule has 0 saturated heterocycles. The average molecular weight is 323 g/mol. The Morgan fingerprint density at radius 1 is 1.10 bits per heavy atom. The molecule has 0 amide bonds. The van der Waals surface area contributed by atoms with Crippen LogP contribution in [-0.4, -0.2) is 13.0 Å². The Balaban J connectivity index is 1.66. The van der Waals surface area contributed by atoms with Gasteiger partial charge in [0.1, 0.15) is 0 Å². The summed E-state index contributed by atoms with van der Waals surface area (Å²) in [4.78, 5) is 0. The molecule has 0 fully saturated rings. The first-order chi connectivity index (χ1) is 10.2. The number of hydrogen-bond donors (Lipinski definition) is 1. The fourth-order valence-corrected chi connectivity index (χ4v) is 2.32. The summed E-state index contributed by atoms with van der Waals surface area (Å²) in [5, 5.41) is 5.42. The molecule has 1 aliphatic rings. The zero-order valence-corrected chi connectivity index (χ0v) is 12.5. The van der Waals surface area contributed by atoms with Crippen LogP contribution in [0.2, 0.25) is 10.0 Å². The first-order valence-electron chi connectivity index (χ1n) is 6.32. The second-order valence-electron chi connectivity index (χ2n) is 4.41. The molecule has 2 aromatic rings. The van der Waals surface area contributed by atoms with E-state index >= 15 is 0 Å². The molecule has 108 valence electrons. The van der Waals surface area contributed by atoms with Crippen LogP contribution in [0, 0.1) is 0 Å². The molecule has 0 unspecified atom stereocenters. The van der Waals surface area contributed by atoms with E-state index < -0.39 is 0 Å². The van der Waals surface area contributed by atoms with Gasteiger partial charge in [-0.25, -0.2) is 0 Å². The van der Waals surface area contributed by atoms with Gasteiger partial charge in [-0.05, 0) is 17.7 Å². The smallest absolute Gasteiger partial charge is 0.231 e. The predicted octanol–water partition coefficient (Wildman–Crippen LogP) is 3.85. The van der Waals surface area contributed by atoms with Crippen molar-refractivity contribution in [3.8, 4) is 11.5 Å². The molecule has 4 nitrogen and oxygen atoms in total. The minimum Gasteiger partial charge on any atom is -0.454 e. The van der Waals surface area contributed by atoms with Crippen LogP contribution in [0.1, 0.15) is 11.1 Å². The van der Waals surface area contributed by atoms with Crippen molar-refractivity contribution >= 4 is 29.4 Å². The van der Waals surface area contributed by atoms with Gasteiger partial charge in [0.15, 0.2) is 11.5 Å². The molecule has 0 aliphatic carbocycles. The van der Waals surface area contributed by atoms with Gasteiger partial charge in [0.2, 0.25) is 6.79 Å². The van der Waals surface area contributed by atoms with Crippen LogP contribution in [0.25, 0.3) is 0 Å². The first-order valence-corrected chi connectivity index (χ1v) is 7.08. The molecule has 6 heteroatoms. The lowest BCUT2D eigenvalue weighted by Crippen LogP contribution is -2.06. The van der Waals surface area contributed by atoms with Gasteiger partial charge in [-0.1, -0.05) is 41.4 Å². The van der Waals surface area contributed by atoms with Gasteiger partial charge in [-0.2, -0.15) is 5.10 Å². The highest BCUT2D eigenvalue weighted by atomic mass is 35.5. The third kappa shape index (κ3) is 3.23. The summed E-state index contributed by atoms with van der Waals surface area (Å²) in [6, 6.07) is 11.1. The maximum atomic E-state index is 6.15. The van der Waals surface area contributed by atoms with Crippen LogP contribution in [0.5, 0.6) is 11.5 Å². The quantitative estimate of drug-likeness (QED) is 0.686. The lowest BCUT2D eigenvalue weighted by atomic mass is 10.2. The number of nitrogens with one attached hydrogen (secondary N) is 1. The minimum atomic E-state index is 0.219. The van der Waals surface area contributed by atoms with Gasteiger partial charge in [0.05, 0.1) is 17.8 Å². The van der Waals surface area contributed by atoms with Gasteiger partial charge in [-0.3, -0.25) is 0 Å². The topological polar surface area (TPSA) is 42.9 Å². The number of benzene rings is 2. The maximum absolute atomic E-state index is 6.15. The summed E-state index contributed by atoms with van der Waals surface area (Å²) in [6.45, 7) is 0.759. The Morgan fingerprint density at radius 3 is 2.67 bits per heavy atom. The van der Waals surface area contributed by atoms with Crippen LogP contribution in [0.15, 0.2) is 41.5 Å². The molecule has 0 atom stereocenters. The summed E-state index contributed by atoms with van der Waals surface area (Å²) < 4.78 is 10.6. The standard InChI is InChI=1S/C15H12Cl2N2O2/c16-12-4-2-1-3-10(12)7-18-19-8-11-5-14-15(6-13(11)17)21-9-20-14/h1-6,8,18H,7,9H2/b19-8-. The molecule has 2 aromatic carbocycles. The van der Waals surface area contributed by atoms with Crippen molar-refractivity contribution in [2.24, 2.45) is 5.10 Å². The van der Waals surface area contributed by atoms with Gasteiger partial charge < -0.3 is 14.9 Å². The van der Waals surface area contributed by atoms with Crippen molar-refractivity contribution in [1.82, 2.24) is 5.43 Å². The lowest BCUT2D eigenvalue weighted by Gasteiger charge is -2.04. The Morgan fingerprint density at radius 2 is 1.86 bits per heavy atom. The lowest BCUT2D eigenvalue weighted by molar-refractivity contribution is 0.174. The highest BCUT2D eigenvalue weighted by Crippen LogP contribution is 2.36. The highest BCUT2D eigenvalue weighted by molar-refractivity contribution is 6.33. The van der Waals surface area contributed by atoms with Crippen LogP contribution < -0.4 is 14.9 Å². The van der Waals surface area contributed by atoms with Gasteiger partial charge >= 0.3 is 0 Å². The highest BCUT2D eigenvalue weighted by Gasteiger charge is 2.15. The van der Waals surface area contributed by atoms with E-state index in [0.717, 1.165) is 11.1 Å². The number of ether oxygens (including phenoxy) is 2. The summed E-state index contributed by atoms with van der Waals surface area (Å²) in [6.07, 6.45) is 1.64. The third-order valence-corrected chi connectivity index (χ3v) is 3.71. The summed E-state index contributed by atoms with van der Waals surface area (Å²) in [5.41, 5.74) is 4.68. The normalized spacial score (nSPS) is 12.9. The number of hydrazone groups is 1. The second kappa shape index (κ2) is 6.24. The van der Waals surface area contributed by atoms with Gasteiger partial charge in [-0.15, -0.1) is 0 Å². The molecule has 21 heavy (non-hydrogen) atoms. The van der Waals surface area contributed by atoms with E-state index in [1.165, 1.54) is 0 Å². The minimum absolute atomic E-state index is 0.219. The average Bonchev–Trinajstić information content (AvgIpc) is 2.92. The maximum Gasteiger partial charge on any atom is 0.231 e. The zero-order chi connectivity index (χ0) is 14.7. The van der Waals surface area contributed by atoms with Crippen molar-refractivity contribution < 1.29 is 9.47 Å². The molecular formula is C15H12Cl2N2O2. The van der Waals surface area contributed by atoms with E-state index in [1.807, 2.05) is 24.3 Å². The molecule has 1 heterocycles. The van der Waals surface area contributed by atoms with Gasteiger partial charge in [0, 0.05) is 16.7 Å². The Kier molecular flexibility index (Phi) is 4.18. The molecule has 0 spiro atoms.